The SMILES string of the molecule is CCn1nc(C)c(Cl)c1CSc1ccc(C(C)N)cc1. The average Bonchev–Trinajstić information content (AvgIpc) is 2.72. The van der Waals surface area contributed by atoms with E-state index < -0.39 is 0 Å². The average molecular weight is 310 g/mol. The van der Waals surface area contributed by atoms with E-state index in [1.54, 1.807) is 11.8 Å². The molecular formula is C15H20ClN3S. The molecule has 5 heteroatoms. The standard InChI is InChI=1S/C15H20ClN3S/c1-4-19-14(15(16)11(3)18-19)9-20-13-7-5-12(6-8-13)10(2)17/h5-8,10H,4,9,17H2,1-3H3. The van der Waals surface area contributed by atoms with E-state index in [0.717, 1.165) is 34.3 Å². The molecule has 0 aliphatic rings. The van der Waals surface area contributed by atoms with Gasteiger partial charge < -0.3 is 5.73 Å². The van der Waals surface area contributed by atoms with Crippen molar-refractivity contribution < 1.29 is 0 Å². The van der Waals surface area contributed by atoms with E-state index >= 15 is 0 Å². The molecule has 1 unspecified atom stereocenters. The molecule has 108 valence electrons. The van der Waals surface area contributed by atoms with Crippen LogP contribution in [0.3, 0.4) is 0 Å². The second-order valence-electron chi connectivity index (χ2n) is 4.81. The Morgan fingerprint density at radius 3 is 2.55 bits per heavy atom. The Kier molecular flexibility index (Phi) is 5.13. The van der Waals surface area contributed by atoms with Crippen molar-refractivity contribution in [3.8, 4) is 0 Å². The Bertz CT molecular complexity index is 576. The van der Waals surface area contributed by atoms with Gasteiger partial charge in [0.25, 0.3) is 0 Å². The van der Waals surface area contributed by atoms with Crippen molar-refractivity contribution in [2.45, 2.75) is 44.0 Å². The van der Waals surface area contributed by atoms with Gasteiger partial charge in [-0.2, -0.15) is 5.10 Å². The lowest BCUT2D eigenvalue weighted by Crippen LogP contribution is -2.04. The largest absolute Gasteiger partial charge is 0.324 e. The molecular weight excluding hydrogens is 290 g/mol. The van der Waals surface area contributed by atoms with Gasteiger partial charge in [0, 0.05) is 23.2 Å². The second-order valence-corrected chi connectivity index (χ2v) is 6.23. The van der Waals surface area contributed by atoms with Gasteiger partial charge in [-0.1, -0.05) is 23.7 Å². The number of nitrogens with zero attached hydrogens (tertiary/aromatic N) is 2. The minimum Gasteiger partial charge on any atom is -0.324 e. The summed E-state index contributed by atoms with van der Waals surface area (Å²) in [5, 5.41) is 5.22. The number of halogens is 1. The van der Waals surface area contributed by atoms with Gasteiger partial charge in [-0.25, -0.2) is 0 Å². The summed E-state index contributed by atoms with van der Waals surface area (Å²) in [5.41, 5.74) is 9.00. The fourth-order valence-electron chi connectivity index (χ4n) is 2.03. The van der Waals surface area contributed by atoms with Crippen LogP contribution in [-0.2, 0) is 12.3 Å². The predicted molar refractivity (Wildman–Crippen MR) is 86.3 cm³/mol. The minimum absolute atomic E-state index is 0.0765. The highest BCUT2D eigenvalue weighted by molar-refractivity contribution is 7.98. The van der Waals surface area contributed by atoms with E-state index in [-0.39, 0.29) is 6.04 Å². The van der Waals surface area contributed by atoms with Crippen LogP contribution in [0.25, 0.3) is 0 Å². The highest BCUT2D eigenvalue weighted by atomic mass is 35.5. The molecule has 1 heterocycles. The Balaban J connectivity index is 2.09. The van der Waals surface area contributed by atoms with Crippen molar-refractivity contribution in [3.05, 3.63) is 46.2 Å². The lowest BCUT2D eigenvalue weighted by atomic mass is 10.1. The molecule has 0 saturated carbocycles. The predicted octanol–water partition coefficient (Wildman–Crippen LogP) is 4.18. The first kappa shape index (κ1) is 15.4. The molecule has 0 bridgehead atoms. The molecule has 0 aliphatic carbocycles. The number of hydrogen-bond acceptors (Lipinski definition) is 3. The molecule has 2 rings (SSSR count). The van der Waals surface area contributed by atoms with Crippen LogP contribution in [0.15, 0.2) is 29.2 Å². The molecule has 1 aromatic carbocycles. The molecule has 2 aromatic rings. The van der Waals surface area contributed by atoms with Crippen LogP contribution in [0.4, 0.5) is 0 Å². The monoisotopic (exact) mass is 309 g/mol. The van der Waals surface area contributed by atoms with E-state index in [2.05, 4.69) is 36.3 Å². The number of aromatic nitrogens is 2. The molecule has 0 fully saturated rings. The normalized spacial score (nSPS) is 12.7. The van der Waals surface area contributed by atoms with Crippen molar-refractivity contribution in [1.29, 1.82) is 0 Å². The number of hydrogen-bond donors (Lipinski definition) is 1. The van der Waals surface area contributed by atoms with E-state index in [9.17, 15) is 0 Å². The maximum absolute atomic E-state index is 6.31. The lowest BCUT2D eigenvalue weighted by molar-refractivity contribution is 0.632. The minimum atomic E-state index is 0.0765. The van der Waals surface area contributed by atoms with Gasteiger partial charge in [-0.15, -0.1) is 11.8 Å². The first-order valence-electron chi connectivity index (χ1n) is 6.73. The third kappa shape index (κ3) is 3.37. The van der Waals surface area contributed by atoms with Gasteiger partial charge in [0.05, 0.1) is 16.4 Å². The van der Waals surface area contributed by atoms with Crippen LogP contribution in [0, 0.1) is 6.92 Å². The Labute approximate surface area is 129 Å². The van der Waals surface area contributed by atoms with Gasteiger partial charge in [0.15, 0.2) is 0 Å². The zero-order chi connectivity index (χ0) is 14.7. The molecule has 0 amide bonds. The summed E-state index contributed by atoms with van der Waals surface area (Å²) < 4.78 is 1.97. The van der Waals surface area contributed by atoms with Gasteiger partial charge in [-0.3, -0.25) is 4.68 Å². The topological polar surface area (TPSA) is 43.8 Å². The molecule has 0 saturated heterocycles. The fourth-order valence-corrected chi connectivity index (χ4v) is 3.23. The number of nitrogens with two attached hydrogens (primary N) is 1. The van der Waals surface area contributed by atoms with Gasteiger partial charge >= 0.3 is 0 Å². The molecule has 0 radical (unpaired) electrons. The van der Waals surface area contributed by atoms with Crippen molar-refractivity contribution in [1.82, 2.24) is 9.78 Å². The van der Waals surface area contributed by atoms with Crippen LogP contribution >= 0.6 is 23.4 Å². The first-order valence-corrected chi connectivity index (χ1v) is 8.09. The molecule has 3 nitrogen and oxygen atoms in total. The van der Waals surface area contributed by atoms with Gasteiger partial charge in [0.1, 0.15) is 0 Å². The van der Waals surface area contributed by atoms with Crippen LogP contribution in [0.1, 0.15) is 36.8 Å². The summed E-state index contributed by atoms with van der Waals surface area (Å²) in [6, 6.07) is 8.45. The van der Waals surface area contributed by atoms with Crippen LogP contribution in [0.2, 0.25) is 5.02 Å². The molecule has 20 heavy (non-hydrogen) atoms. The smallest absolute Gasteiger partial charge is 0.0855 e. The molecule has 1 aromatic heterocycles. The molecule has 1 atom stereocenters. The quantitative estimate of drug-likeness (QED) is 0.843. The number of benzene rings is 1. The summed E-state index contributed by atoms with van der Waals surface area (Å²) in [7, 11) is 0. The van der Waals surface area contributed by atoms with Crippen molar-refractivity contribution >= 4 is 23.4 Å². The molecule has 0 spiro atoms. The second kappa shape index (κ2) is 6.66. The van der Waals surface area contributed by atoms with E-state index in [1.807, 2.05) is 18.5 Å². The van der Waals surface area contributed by atoms with Gasteiger partial charge in [0.2, 0.25) is 0 Å². The summed E-state index contributed by atoms with van der Waals surface area (Å²) >= 11 is 8.08. The molecule has 0 aliphatic heterocycles. The summed E-state index contributed by atoms with van der Waals surface area (Å²) in [4.78, 5) is 1.21. The number of thioether (sulfide) groups is 1. The van der Waals surface area contributed by atoms with Crippen LogP contribution < -0.4 is 5.73 Å². The Morgan fingerprint density at radius 1 is 1.35 bits per heavy atom. The number of rotatable bonds is 5. The third-order valence-electron chi connectivity index (χ3n) is 3.23. The molecule has 2 N–H and O–H groups in total. The fraction of sp³-hybridized carbons (Fsp3) is 0.400. The summed E-state index contributed by atoms with van der Waals surface area (Å²) in [6.07, 6.45) is 0. The summed E-state index contributed by atoms with van der Waals surface area (Å²) in [5.74, 6) is 0.824. The Morgan fingerprint density at radius 2 is 2.00 bits per heavy atom. The zero-order valence-corrected chi connectivity index (χ0v) is 13.6. The van der Waals surface area contributed by atoms with E-state index in [1.165, 1.54) is 4.90 Å². The number of aryl methyl sites for hydroxylation is 2. The third-order valence-corrected chi connectivity index (χ3v) is 4.75. The van der Waals surface area contributed by atoms with E-state index in [4.69, 9.17) is 17.3 Å². The Hall–Kier alpha value is -0.970. The van der Waals surface area contributed by atoms with Crippen molar-refractivity contribution in [2.24, 2.45) is 5.73 Å². The lowest BCUT2D eigenvalue weighted by Gasteiger charge is -2.08. The summed E-state index contributed by atoms with van der Waals surface area (Å²) in [6.45, 7) is 6.85. The van der Waals surface area contributed by atoms with Crippen molar-refractivity contribution in [2.75, 3.05) is 0 Å². The zero-order valence-electron chi connectivity index (χ0n) is 12.1. The highest BCUT2D eigenvalue weighted by Crippen LogP contribution is 2.29. The first-order chi connectivity index (χ1) is 9.52. The van der Waals surface area contributed by atoms with Crippen molar-refractivity contribution in [3.63, 3.8) is 0 Å². The maximum Gasteiger partial charge on any atom is 0.0855 e. The highest BCUT2D eigenvalue weighted by Gasteiger charge is 2.12. The van der Waals surface area contributed by atoms with Crippen LogP contribution in [0.5, 0.6) is 0 Å². The van der Waals surface area contributed by atoms with Gasteiger partial charge in [-0.05, 0) is 38.5 Å². The van der Waals surface area contributed by atoms with E-state index in [0.29, 0.717) is 0 Å². The van der Waals surface area contributed by atoms with Crippen LogP contribution in [-0.4, -0.2) is 9.78 Å². The maximum atomic E-state index is 6.31.